The Kier molecular flexibility index (Phi) is 5.88. The molecule has 0 saturated heterocycles. The molecule has 0 bridgehead atoms. The minimum Gasteiger partial charge on any atom is -0.237 e. The Hall–Kier alpha value is -3.22. The number of fused-ring (bicyclic) bond motifs is 1. The highest BCUT2D eigenvalue weighted by Gasteiger charge is 2.09. The highest BCUT2D eigenvalue weighted by Crippen LogP contribution is 2.29. The van der Waals surface area contributed by atoms with Gasteiger partial charge < -0.3 is 0 Å². The van der Waals surface area contributed by atoms with E-state index in [4.69, 9.17) is 11.6 Å². The van der Waals surface area contributed by atoms with Gasteiger partial charge in [-0.2, -0.15) is 0 Å². The predicted octanol–water partition coefficient (Wildman–Crippen LogP) is 6.78. The fraction of sp³-hybridized carbons (Fsp3) is 0.120. The summed E-state index contributed by atoms with van der Waals surface area (Å²) in [6, 6.07) is 20.8. The van der Waals surface area contributed by atoms with Crippen molar-refractivity contribution in [2.45, 2.75) is 19.3 Å². The van der Waals surface area contributed by atoms with E-state index < -0.39 is 5.82 Å². The van der Waals surface area contributed by atoms with E-state index in [0.717, 1.165) is 62.7 Å². The summed E-state index contributed by atoms with van der Waals surface area (Å²) >= 11 is 7.51. The maximum absolute atomic E-state index is 13.4. The predicted molar refractivity (Wildman–Crippen MR) is 127 cm³/mol. The summed E-state index contributed by atoms with van der Waals surface area (Å²) in [6.07, 6.45) is 4.44. The molecule has 0 aliphatic rings. The van der Waals surface area contributed by atoms with E-state index in [1.54, 1.807) is 29.7 Å². The molecule has 32 heavy (non-hydrogen) atoms. The Bertz CT molecular complexity index is 1380. The molecule has 0 unspecified atom stereocenters. The summed E-state index contributed by atoms with van der Waals surface area (Å²) in [7, 11) is 0. The molecule has 0 aliphatic heterocycles. The molecule has 0 saturated carbocycles. The summed E-state index contributed by atoms with van der Waals surface area (Å²) < 4.78 is 13.4. The van der Waals surface area contributed by atoms with Crippen LogP contribution < -0.4 is 0 Å². The Morgan fingerprint density at radius 3 is 2.50 bits per heavy atom. The lowest BCUT2D eigenvalue weighted by Crippen LogP contribution is -1.94. The smallest absolute Gasteiger partial charge is 0.159 e. The maximum Gasteiger partial charge on any atom is 0.159 e. The number of hydrogen-bond donors (Lipinski definition) is 0. The van der Waals surface area contributed by atoms with Crippen LogP contribution in [0.4, 0.5) is 4.39 Å². The molecule has 0 aliphatic carbocycles. The molecule has 0 amide bonds. The van der Waals surface area contributed by atoms with Crippen LogP contribution in [0.25, 0.3) is 32.7 Å². The molecule has 158 valence electrons. The maximum atomic E-state index is 13.4. The standard InChI is InChI=1S/C25H18ClFN4S/c26-21-15-19(11-13-22(21)27)16-6-8-18(9-7-16)25-31-30-23(32-25)5-1-4-20-12-10-17-3-2-14-28-24(17)29-20/h2-3,6-15H,1,4-5H2. The number of pyridine rings is 2. The van der Waals surface area contributed by atoms with Crippen LogP contribution in [0.3, 0.4) is 0 Å². The Morgan fingerprint density at radius 2 is 1.66 bits per heavy atom. The first-order valence-electron chi connectivity index (χ1n) is 10.2. The van der Waals surface area contributed by atoms with Gasteiger partial charge in [0.2, 0.25) is 0 Å². The van der Waals surface area contributed by atoms with Gasteiger partial charge in [0.05, 0.1) is 5.02 Å². The van der Waals surface area contributed by atoms with Crippen molar-refractivity contribution >= 4 is 34.0 Å². The Labute approximate surface area is 193 Å². The van der Waals surface area contributed by atoms with Gasteiger partial charge in [0, 0.05) is 29.3 Å². The molecule has 2 aromatic carbocycles. The number of benzene rings is 2. The van der Waals surface area contributed by atoms with Crippen molar-refractivity contribution in [2.24, 2.45) is 0 Å². The van der Waals surface area contributed by atoms with Crippen LogP contribution in [0.1, 0.15) is 17.1 Å². The van der Waals surface area contributed by atoms with Crippen LogP contribution >= 0.6 is 22.9 Å². The highest BCUT2D eigenvalue weighted by molar-refractivity contribution is 7.14. The average Bonchev–Trinajstić information content (AvgIpc) is 3.30. The van der Waals surface area contributed by atoms with Gasteiger partial charge in [-0.25, -0.2) is 14.4 Å². The van der Waals surface area contributed by atoms with Crippen molar-refractivity contribution < 1.29 is 4.39 Å². The number of aryl methyl sites for hydroxylation is 2. The lowest BCUT2D eigenvalue weighted by atomic mass is 10.0. The largest absolute Gasteiger partial charge is 0.237 e. The molecule has 3 aromatic heterocycles. The third-order valence-electron chi connectivity index (χ3n) is 5.20. The molecule has 0 atom stereocenters. The highest BCUT2D eigenvalue weighted by atomic mass is 35.5. The van der Waals surface area contributed by atoms with Crippen molar-refractivity contribution in [3.8, 4) is 21.7 Å². The summed E-state index contributed by atoms with van der Waals surface area (Å²) in [4.78, 5) is 8.95. The molecule has 5 rings (SSSR count). The Morgan fingerprint density at radius 1 is 0.844 bits per heavy atom. The average molecular weight is 461 g/mol. The third kappa shape index (κ3) is 4.52. The van der Waals surface area contributed by atoms with Gasteiger partial charge in [-0.15, -0.1) is 10.2 Å². The zero-order valence-corrected chi connectivity index (χ0v) is 18.6. The van der Waals surface area contributed by atoms with Gasteiger partial charge >= 0.3 is 0 Å². The van der Waals surface area contributed by atoms with Crippen LogP contribution in [0.5, 0.6) is 0 Å². The van der Waals surface area contributed by atoms with Crippen molar-refractivity contribution in [3.05, 3.63) is 94.5 Å². The van der Waals surface area contributed by atoms with E-state index in [2.05, 4.69) is 32.3 Å². The second kappa shape index (κ2) is 9.10. The molecular weight excluding hydrogens is 443 g/mol. The van der Waals surface area contributed by atoms with Crippen molar-refractivity contribution in [3.63, 3.8) is 0 Å². The summed E-state index contributed by atoms with van der Waals surface area (Å²) in [5.74, 6) is -0.415. The Balaban J connectivity index is 1.22. The fourth-order valence-corrected chi connectivity index (χ4v) is 4.57. The number of rotatable bonds is 6. The van der Waals surface area contributed by atoms with Gasteiger partial charge in [0.25, 0.3) is 0 Å². The topological polar surface area (TPSA) is 51.6 Å². The van der Waals surface area contributed by atoms with E-state index >= 15 is 0 Å². The molecule has 0 fully saturated rings. The molecule has 0 spiro atoms. The first kappa shape index (κ1) is 20.7. The zero-order valence-electron chi connectivity index (χ0n) is 17.0. The monoisotopic (exact) mass is 460 g/mol. The fourth-order valence-electron chi connectivity index (χ4n) is 3.50. The van der Waals surface area contributed by atoms with Crippen LogP contribution in [0, 0.1) is 5.82 Å². The van der Waals surface area contributed by atoms with Crippen LogP contribution in [-0.4, -0.2) is 20.2 Å². The summed E-state index contributed by atoms with van der Waals surface area (Å²) in [5, 5.41) is 11.8. The zero-order chi connectivity index (χ0) is 21.9. The second-order valence-corrected chi connectivity index (χ2v) is 8.88. The van der Waals surface area contributed by atoms with Gasteiger partial charge in [-0.1, -0.05) is 53.3 Å². The van der Waals surface area contributed by atoms with E-state index in [9.17, 15) is 4.39 Å². The number of aromatic nitrogens is 4. The van der Waals surface area contributed by atoms with Gasteiger partial charge in [-0.05, 0) is 60.4 Å². The van der Waals surface area contributed by atoms with Gasteiger partial charge in [0.1, 0.15) is 15.8 Å². The quantitative estimate of drug-likeness (QED) is 0.280. The minimum atomic E-state index is -0.415. The van der Waals surface area contributed by atoms with Gasteiger partial charge in [0.15, 0.2) is 5.65 Å². The first-order valence-corrected chi connectivity index (χ1v) is 11.4. The third-order valence-corrected chi connectivity index (χ3v) is 6.52. The number of hydrogen-bond acceptors (Lipinski definition) is 5. The molecule has 5 aromatic rings. The molecular formula is C25H18ClFN4S. The molecule has 0 N–H and O–H groups in total. The summed E-state index contributed by atoms with van der Waals surface area (Å²) in [5.41, 5.74) is 4.68. The number of nitrogens with zero attached hydrogens (tertiary/aromatic N) is 4. The normalized spacial score (nSPS) is 11.2. The van der Waals surface area contributed by atoms with Crippen LogP contribution in [0.2, 0.25) is 5.02 Å². The van der Waals surface area contributed by atoms with E-state index in [1.807, 2.05) is 36.4 Å². The van der Waals surface area contributed by atoms with E-state index in [-0.39, 0.29) is 5.02 Å². The second-order valence-electron chi connectivity index (χ2n) is 7.41. The van der Waals surface area contributed by atoms with Crippen molar-refractivity contribution in [1.29, 1.82) is 0 Å². The van der Waals surface area contributed by atoms with Crippen molar-refractivity contribution in [2.75, 3.05) is 0 Å². The van der Waals surface area contributed by atoms with E-state index in [0.29, 0.717) is 0 Å². The SMILES string of the molecule is Fc1ccc(-c2ccc(-c3nnc(CCCc4ccc5cccnc5n4)s3)cc2)cc1Cl. The summed E-state index contributed by atoms with van der Waals surface area (Å²) in [6.45, 7) is 0. The van der Waals surface area contributed by atoms with Crippen LogP contribution in [0.15, 0.2) is 72.9 Å². The van der Waals surface area contributed by atoms with E-state index in [1.165, 1.54) is 6.07 Å². The molecule has 7 heteroatoms. The first-order chi connectivity index (χ1) is 15.7. The van der Waals surface area contributed by atoms with Gasteiger partial charge in [-0.3, -0.25) is 0 Å². The minimum absolute atomic E-state index is 0.121. The lowest BCUT2D eigenvalue weighted by molar-refractivity contribution is 0.628. The molecule has 0 radical (unpaired) electrons. The molecule has 3 heterocycles. The van der Waals surface area contributed by atoms with Crippen molar-refractivity contribution in [1.82, 2.24) is 20.2 Å². The number of halogens is 2. The molecule has 4 nitrogen and oxygen atoms in total. The van der Waals surface area contributed by atoms with Crippen LogP contribution in [-0.2, 0) is 12.8 Å². The lowest BCUT2D eigenvalue weighted by Gasteiger charge is -2.04.